The predicted octanol–water partition coefficient (Wildman–Crippen LogP) is 3.10. The molecule has 1 N–H and O–H groups in total. The number of piperidine rings is 1. The number of nitrogens with one attached hydrogen (secondary N) is 1. The molecule has 1 fully saturated rings. The van der Waals surface area contributed by atoms with Crippen molar-refractivity contribution in [3.8, 4) is 0 Å². The summed E-state index contributed by atoms with van der Waals surface area (Å²) in [4.78, 5) is 12.2. The first kappa shape index (κ1) is 12.3. The van der Waals surface area contributed by atoms with Gasteiger partial charge in [-0.1, -0.05) is 30.7 Å². The molecular formula is C15H21NO. The van der Waals surface area contributed by atoms with Crippen molar-refractivity contribution in [2.24, 2.45) is 0 Å². The number of hydrogen-bond donors (Lipinski definition) is 1. The van der Waals surface area contributed by atoms with Crippen molar-refractivity contribution < 1.29 is 4.79 Å². The Hall–Kier alpha value is -1.15. The predicted molar refractivity (Wildman–Crippen MR) is 70.4 cm³/mol. The van der Waals surface area contributed by atoms with E-state index in [1.54, 1.807) is 0 Å². The minimum atomic E-state index is 0.273. The summed E-state index contributed by atoms with van der Waals surface area (Å²) in [7, 11) is 0. The van der Waals surface area contributed by atoms with Crippen LogP contribution in [0, 0.1) is 6.92 Å². The number of carbonyl (C=O) groups is 1. The topological polar surface area (TPSA) is 29.1 Å². The maximum atomic E-state index is 12.2. The van der Waals surface area contributed by atoms with E-state index in [0.29, 0.717) is 18.5 Å². The molecule has 92 valence electrons. The molecule has 17 heavy (non-hydrogen) atoms. The van der Waals surface area contributed by atoms with Crippen molar-refractivity contribution in [1.29, 1.82) is 0 Å². The fraction of sp³-hybridized carbons (Fsp3) is 0.533. The SMILES string of the molecule is Cc1ccccc1C(=O)CC1CCCC(C)N1. The van der Waals surface area contributed by atoms with Crippen molar-refractivity contribution in [2.45, 2.75) is 51.6 Å². The third kappa shape index (κ3) is 3.16. The van der Waals surface area contributed by atoms with Crippen LogP contribution in [0.25, 0.3) is 0 Å². The molecule has 2 heteroatoms. The molecule has 1 aromatic carbocycles. The zero-order chi connectivity index (χ0) is 12.3. The van der Waals surface area contributed by atoms with Crippen molar-refractivity contribution in [2.75, 3.05) is 0 Å². The monoisotopic (exact) mass is 231 g/mol. The molecule has 0 spiro atoms. The van der Waals surface area contributed by atoms with E-state index in [2.05, 4.69) is 12.2 Å². The van der Waals surface area contributed by atoms with Gasteiger partial charge in [0.05, 0.1) is 0 Å². The number of aryl methyl sites for hydroxylation is 1. The van der Waals surface area contributed by atoms with Crippen LogP contribution in [0.4, 0.5) is 0 Å². The summed E-state index contributed by atoms with van der Waals surface area (Å²) in [5, 5.41) is 3.52. The number of Topliss-reactive ketones (excluding diaryl/α,β-unsaturated/α-hetero) is 1. The minimum Gasteiger partial charge on any atom is -0.311 e. The van der Waals surface area contributed by atoms with Crippen molar-refractivity contribution in [3.05, 3.63) is 35.4 Å². The Kier molecular flexibility index (Phi) is 3.95. The molecule has 2 nitrogen and oxygen atoms in total. The minimum absolute atomic E-state index is 0.273. The Bertz CT molecular complexity index is 400. The van der Waals surface area contributed by atoms with Gasteiger partial charge in [0.15, 0.2) is 5.78 Å². The second-order valence-corrected chi connectivity index (χ2v) is 5.14. The van der Waals surface area contributed by atoms with Crippen LogP contribution < -0.4 is 5.32 Å². The molecule has 2 atom stereocenters. The zero-order valence-corrected chi connectivity index (χ0v) is 10.7. The van der Waals surface area contributed by atoms with Gasteiger partial charge in [0.2, 0.25) is 0 Å². The second-order valence-electron chi connectivity index (χ2n) is 5.14. The summed E-state index contributed by atoms with van der Waals surface area (Å²) in [6.45, 7) is 4.20. The Morgan fingerprint density at radius 3 is 2.82 bits per heavy atom. The summed E-state index contributed by atoms with van der Waals surface area (Å²) in [6.07, 6.45) is 4.23. The lowest BCUT2D eigenvalue weighted by Crippen LogP contribution is -2.41. The number of rotatable bonds is 3. The largest absolute Gasteiger partial charge is 0.311 e. The highest BCUT2D eigenvalue weighted by Gasteiger charge is 2.21. The van der Waals surface area contributed by atoms with Gasteiger partial charge in [-0.25, -0.2) is 0 Å². The first-order valence-electron chi connectivity index (χ1n) is 6.51. The van der Waals surface area contributed by atoms with Crippen LogP contribution in [0.5, 0.6) is 0 Å². The second kappa shape index (κ2) is 5.46. The summed E-state index contributed by atoms with van der Waals surface area (Å²) in [6, 6.07) is 8.78. The van der Waals surface area contributed by atoms with Crippen molar-refractivity contribution in [3.63, 3.8) is 0 Å². The molecule has 1 saturated heterocycles. The van der Waals surface area contributed by atoms with Crippen molar-refractivity contribution in [1.82, 2.24) is 5.32 Å². The fourth-order valence-corrected chi connectivity index (χ4v) is 2.62. The van der Waals surface area contributed by atoms with E-state index in [4.69, 9.17) is 0 Å². The highest BCUT2D eigenvalue weighted by atomic mass is 16.1. The Morgan fingerprint density at radius 1 is 1.35 bits per heavy atom. The lowest BCUT2D eigenvalue weighted by Gasteiger charge is -2.28. The van der Waals surface area contributed by atoms with Crippen LogP contribution >= 0.6 is 0 Å². The summed E-state index contributed by atoms with van der Waals surface area (Å²) in [5.74, 6) is 0.273. The van der Waals surface area contributed by atoms with Crippen LogP contribution in [-0.4, -0.2) is 17.9 Å². The van der Waals surface area contributed by atoms with E-state index in [9.17, 15) is 4.79 Å². The van der Waals surface area contributed by atoms with Gasteiger partial charge < -0.3 is 5.32 Å². The molecule has 2 unspecified atom stereocenters. The average Bonchev–Trinajstić information content (AvgIpc) is 2.29. The van der Waals surface area contributed by atoms with E-state index in [1.165, 1.54) is 12.8 Å². The van der Waals surface area contributed by atoms with Gasteiger partial charge in [-0.15, -0.1) is 0 Å². The number of benzene rings is 1. The Labute approximate surface area is 103 Å². The molecule has 0 radical (unpaired) electrons. The summed E-state index contributed by atoms with van der Waals surface area (Å²) < 4.78 is 0. The molecule has 0 aromatic heterocycles. The molecule has 1 aliphatic rings. The first-order valence-corrected chi connectivity index (χ1v) is 6.51. The van der Waals surface area contributed by atoms with Gasteiger partial charge in [-0.3, -0.25) is 4.79 Å². The molecule has 2 rings (SSSR count). The van der Waals surface area contributed by atoms with Crippen molar-refractivity contribution >= 4 is 5.78 Å². The molecule has 1 aliphatic heterocycles. The van der Waals surface area contributed by atoms with Gasteiger partial charge in [0.1, 0.15) is 0 Å². The maximum Gasteiger partial charge on any atom is 0.164 e. The normalized spacial score (nSPS) is 24.6. The zero-order valence-electron chi connectivity index (χ0n) is 10.7. The third-order valence-electron chi connectivity index (χ3n) is 3.59. The number of ketones is 1. The first-order chi connectivity index (χ1) is 8.16. The molecule has 0 amide bonds. The molecular weight excluding hydrogens is 210 g/mol. The van der Waals surface area contributed by atoms with Crippen LogP contribution in [-0.2, 0) is 0 Å². The van der Waals surface area contributed by atoms with Gasteiger partial charge in [-0.2, -0.15) is 0 Å². The highest BCUT2D eigenvalue weighted by Crippen LogP contribution is 2.18. The summed E-state index contributed by atoms with van der Waals surface area (Å²) in [5.41, 5.74) is 1.97. The quantitative estimate of drug-likeness (QED) is 0.810. The summed E-state index contributed by atoms with van der Waals surface area (Å²) >= 11 is 0. The van der Waals surface area contributed by atoms with E-state index in [-0.39, 0.29) is 5.78 Å². The van der Waals surface area contributed by atoms with Crippen LogP contribution in [0.1, 0.15) is 48.5 Å². The van der Waals surface area contributed by atoms with Crippen LogP contribution in [0.2, 0.25) is 0 Å². The average molecular weight is 231 g/mol. The van der Waals surface area contributed by atoms with E-state index in [1.807, 2.05) is 31.2 Å². The molecule has 1 heterocycles. The lowest BCUT2D eigenvalue weighted by molar-refractivity contribution is 0.0959. The van der Waals surface area contributed by atoms with Crippen LogP contribution in [0.3, 0.4) is 0 Å². The molecule has 0 aliphatic carbocycles. The van der Waals surface area contributed by atoms with Crippen LogP contribution in [0.15, 0.2) is 24.3 Å². The lowest BCUT2D eigenvalue weighted by atomic mass is 9.93. The van der Waals surface area contributed by atoms with Gasteiger partial charge in [0, 0.05) is 24.1 Å². The molecule has 0 saturated carbocycles. The van der Waals surface area contributed by atoms with E-state index >= 15 is 0 Å². The fourth-order valence-electron chi connectivity index (χ4n) is 2.62. The Balaban J connectivity index is 1.99. The highest BCUT2D eigenvalue weighted by molar-refractivity contribution is 5.97. The van der Waals surface area contributed by atoms with E-state index < -0.39 is 0 Å². The third-order valence-corrected chi connectivity index (χ3v) is 3.59. The van der Waals surface area contributed by atoms with E-state index in [0.717, 1.165) is 17.5 Å². The standard InChI is InChI=1S/C15H21NO/c1-11-6-3-4-9-14(11)15(17)10-13-8-5-7-12(2)16-13/h3-4,6,9,12-13,16H,5,7-8,10H2,1-2H3. The number of carbonyl (C=O) groups excluding carboxylic acids is 1. The Morgan fingerprint density at radius 2 is 2.12 bits per heavy atom. The smallest absolute Gasteiger partial charge is 0.164 e. The molecule has 0 bridgehead atoms. The molecule has 1 aromatic rings. The number of hydrogen-bond acceptors (Lipinski definition) is 2. The van der Waals surface area contributed by atoms with Gasteiger partial charge >= 0.3 is 0 Å². The maximum absolute atomic E-state index is 12.2. The van der Waals surface area contributed by atoms with Gasteiger partial charge in [-0.05, 0) is 32.3 Å². The van der Waals surface area contributed by atoms with Gasteiger partial charge in [0.25, 0.3) is 0 Å².